The third-order valence-corrected chi connectivity index (χ3v) is 3.76. The van der Waals surface area contributed by atoms with Gasteiger partial charge in [0.25, 0.3) is 5.95 Å². The lowest BCUT2D eigenvalue weighted by Gasteiger charge is -2.27. The second-order valence-electron chi connectivity index (χ2n) is 4.76. The number of hydrogen-bond donors (Lipinski definition) is 1. The number of aromatic nitrogens is 2. The lowest BCUT2D eigenvalue weighted by Crippen LogP contribution is -2.25. The van der Waals surface area contributed by atoms with Gasteiger partial charge in [-0.1, -0.05) is 46.5 Å². The molecule has 0 saturated carbocycles. The standard InChI is InChI=1S/C13H25N3O/c1-4-7-8-9-10-13(5-2,6-3)11-15-12(14)16-17-11/h4-10H2,1-3H3,(H2,14,16). The van der Waals surface area contributed by atoms with E-state index in [1.54, 1.807) is 0 Å². The lowest BCUT2D eigenvalue weighted by molar-refractivity contribution is 0.242. The molecule has 98 valence electrons. The van der Waals surface area contributed by atoms with Crippen molar-refractivity contribution in [2.45, 2.75) is 71.1 Å². The van der Waals surface area contributed by atoms with Gasteiger partial charge in [0.05, 0.1) is 0 Å². The quantitative estimate of drug-likeness (QED) is 0.703. The second-order valence-corrected chi connectivity index (χ2v) is 4.76. The number of rotatable bonds is 8. The topological polar surface area (TPSA) is 64.9 Å². The minimum absolute atomic E-state index is 0.0262. The average molecular weight is 239 g/mol. The summed E-state index contributed by atoms with van der Waals surface area (Å²) in [4.78, 5) is 4.22. The first-order valence-corrected chi connectivity index (χ1v) is 6.78. The minimum Gasteiger partial charge on any atom is -0.365 e. The van der Waals surface area contributed by atoms with E-state index in [1.807, 2.05) is 0 Å². The molecule has 1 aromatic rings. The first-order valence-electron chi connectivity index (χ1n) is 6.78. The Morgan fingerprint density at radius 2 is 1.82 bits per heavy atom. The van der Waals surface area contributed by atoms with Crippen molar-refractivity contribution in [1.29, 1.82) is 0 Å². The summed E-state index contributed by atoms with van der Waals surface area (Å²) in [6.07, 6.45) is 8.23. The van der Waals surface area contributed by atoms with E-state index in [0.717, 1.165) is 25.2 Å². The van der Waals surface area contributed by atoms with Crippen LogP contribution < -0.4 is 5.73 Å². The van der Waals surface area contributed by atoms with Crippen molar-refractivity contribution < 1.29 is 4.52 Å². The van der Waals surface area contributed by atoms with Crippen LogP contribution in [0.25, 0.3) is 0 Å². The minimum atomic E-state index is 0.0262. The first-order chi connectivity index (χ1) is 8.18. The van der Waals surface area contributed by atoms with E-state index in [0.29, 0.717) is 0 Å². The maximum atomic E-state index is 5.55. The zero-order valence-electron chi connectivity index (χ0n) is 11.3. The Morgan fingerprint density at radius 1 is 1.12 bits per heavy atom. The van der Waals surface area contributed by atoms with Crippen molar-refractivity contribution in [3.63, 3.8) is 0 Å². The molecule has 2 N–H and O–H groups in total. The Morgan fingerprint density at radius 3 is 2.29 bits per heavy atom. The highest BCUT2D eigenvalue weighted by molar-refractivity contribution is 5.15. The van der Waals surface area contributed by atoms with Crippen LogP contribution in [0.3, 0.4) is 0 Å². The molecule has 0 unspecified atom stereocenters. The fraction of sp³-hybridized carbons (Fsp3) is 0.846. The third kappa shape index (κ3) is 3.45. The Kier molecular flexibility index (Phi) is 5.45. The molecule has 1 heterocycles. The van der Waals surface area contributed by atoms with Crippen molar-refractivity contribution in [1.82, 2.24) is 10.1 Å². The lowest BCUT2D eigenvalue weighted by atomic mass is 9.77. The van der Waals surface area contributed by atoms with Gasteiger partial charge in [-0.15, -0.1) is 0 Å². The average Bonchev–Trinajstić information content (AvgIpc) is 2.77. The molecule has 0 aromatic carbocycles. The molecule has 0 radical (unpaired) electrons. The molecule has 4 heteroatoms. The number of anilines is 1. The summed E-state index contributed by atoms with van der Waals surface area (Å²) in [7, 11) is 0. The van der Waals surface area contributed by atoms with Gasteiger partial charge < -0.3 is 10.3 Å². The van der Waals surface area contributed by atoms with E-state index in [-0.39, 0.29) is 11.4 Å². The molecule has 0 aliphatic heterocycles. The van der Waals surface area contributed by atoms with Crippen LogP contribution in [-0.2, 0) is 5.41 Å². The number of nitrogen functional groups attached to an aromatic ring is 1. The molecule has 0 atom stereocenters. The molecule has 0 aliphatic carbocycles. The van der Waals surface area contributed by atoms with Gasteiger partial charge >= 0.3 is 0 Å². The van der Waals surface area contributed by atoms with E-state index < -0.39 is 0 Å². The molecule has 0 saturated heterocycles. The van der Waals surface area contributed by atoms with E-state index in [9.17, 15) is 0 Å². The highest BCUT2D eigenvalue weighted by Crippen LogP contribution is 2.36. The molecule has 1 rings (SSSR count). The van der Waals surface area contributed by atoms with Crippen LogP contribution >= 0.6 is 0 Å². The van der Waals surface area contributed by atoms with Crippen LogP contribution in [0.2, 0.25) is 0 Å². The Hall–Kier alpha value is -1.06. The largest absolute Gasteiger partial charge is 0.365 e. The highest BCUT2D eigenvalue weighted by Gasteiger charge is 2.33. The molecule has 0 fully saturated rings. The predicted octanol–water partition coefficient (Wildman–Crippen LogP) is 3.68. The maximum absolute atomic E-state index is 5.55. The zero-order chi connectivity index (χ0) is 12.7. The molecular formula is C13H25N3O. The molecular weight excluding hydrogens is 214 g/mol. The van der Waals surface area contributed by atoms with Crippen molar-refractivity contribution in [3.8, 4) is 0 Å². The summed E-state index contributed by atoms with van der Waals surface area (Å²) in [5, 5.41) is 3.71. The van der Waals surface area contributed by atoms with E-state index >= 15 is 0 Å². The van der Waals surface area contributed by atoms with Crippen molar-refractivity contribution in [2.24, 2.45) is 0 Å². The summed E-state index contributed by atoms with van der Waals surface area (Å²) < 4.78 is 5.28. The van der Waals surface area contributed by atoms with E-state index in [1.165, 1.54) is 25.7 Å². The van der Waals surface area contributed by atoms with Gasteiger partial charge in [0.15, 0.2) is 0 Å². The Labute approximate surface area is 104 Å². The SMILES string of the molecule is CCCCCCC(CC)(CC)c1nc(N)no1. The molecule has 0 aliphatic rings. The van der Waals surface area contributed by atoms with Crippen molar-refractivity contribution >= 4 is 5.95 Å². The van der Waals surface area contributed by atoms with Crippen molar-refractivity contribution in [2.75, 3.05) is 5.73 Å². The highest BCUT2D eigenvalue weighted by atomic mass is 16.5. The fourth-order valence-electron chi connectivity index (χ4n) is 2.35. The molecule has 0 bridgehead atoms. The Balaban J connectivity index is 2.68. The second kappa shape index (κ2) is 6.62. The van der Waals surface area contributed by atoms with Crippen LogP contribution in [0.4, 0.5) is 5.95 Å². The molecule has 0 amide bonds. The number of nitrogens with zero attached hydrogens (tertiary/aromatic N) is 2. The summed E-state index contributed by atoms with van der Waals surface area (Å²) in [6.45, 7) is 6.60. The molecule has 0 spiro atoms. The Bertz CT molecular complexity index is 318. The van der Waals surface area contributed by atoms with Crippen LogP contribution in [0.5, 0.6) is 0 Å². The monoisotopic (exact) mass is 239 g/mol. The summed E-state index contributed by atoms with van der Waals surface area (Å²) in [6, 6.07) is 0. The van der Waals surface area contributed by atoms with Crippen LogP contribution in [-0.4, -0.2) is 10.1 Å². The molecule has 1 aromatic heterocycles. The number of unbranched alkanes of at least 4 members (excludes halogenated alkanes) is 3. The van der Waals surface area contributed by atoms with Crippen LogP contribution in [0.15, 0.2) is 4.52 Å². The third-order valence-electron chi connectivity index (χ3n) is 3.76. The van der Waals surface area contributed by atoms with Gasteiger partial charge in [-0.3, -0.25) is 0 Å². The maximum Gasteiger partial charge on any atom is 0.260 e. The van der Waals surface area contributed by atoms with Gasteiger partial charge in [0.2, 0.25) is 5.89 Å². The summed E-state index contributed by atoms with van der Waals surface area (Å²) in [5.74, 6) is 0.969. The normalized spacial score (nSPS) is 11.9. The van der Waals surface area contributed by atoms with Gasteiger partial charge in [-0.05, 0) is 24.4 Å². The van der Waals surface area contributed by atoms with E-state index in [4.69, 9.17) is 10.3 Å². The van der Waals surface area contributed by atoms with Crippen LogP contribution in [0.1, 0.15) is 71.6 Å². The van der Waals surface area contributed by atoms with Gasteiger partial charge in [-0.2, -0.15) is 4.98 Å². The molecule has 4 nitrogen and oxygen atoms in total. The summed E-state index contributed by atoms with van der Waals surface area (Å²) >= 11 is 0. The predicted molar refractivity (Wildman–Crippen MR) is 69.7 cm³/mol. The van der Waals surface area contributed by atoms with Gasteiger partial charge in [0.1, 0.15) is 0 Å². The summed E-state index contributed by atoms with van der Waals surface area (Å²) in [5.41, 5.74) is 5.57. The van der Waals surface area contributed by atoms with Gasteiger partial charge in [-0.25, -0.2) is 0 Å². The fourth-order valence-corrected chi connectivity index (χ4v) is 2.35. The van der Waals surface area contributed by atoms with E-state index in [2.05, 4.69) is 30.9 Å². The zero-order valence-corrected chi connectivity index (χ0v) is 11.3. The van der Waals surface area contributed by atoms with Gasteiger partial charge in [0, 0.05) is 5.41 Å². The number of nitrogens with two attached hydrogens (primary N) is 1. The molecule has 17 heavy (non-hydrogen) atoms. The van der Waals surface area contributed by atoms with Crippen molar-refractivity contribution in [3.05, 3.63) is 5.89 Å². The smallest absolute Gasteiger partial charge is 0.260 e. The first kappa shape index (κ1) is 14.0. The van der Waals surface area contributed by atoms with Crippen LogP contribution in [0, 0.1) is 0 Å². The number of hydrogen-bond acceptors (Lipinski definition) is 4.